The van der Waals surface area contributed by atoms with Crippen molar-refractivity contribution in [1.29, 1.82) is 0 Å². The number of hydrogen-bond acceptors (Lipinski definition) is 1. The Labute approximate surface area is 72.7 Å². The smallest absolute Gasteiger partial charge is 0.0908 e. The molecule has 1 aromatic carbocycles. The second-order valence-electron chi connectivity index (χ2n) is 2.17. The van der Waals surface area contributed by atoms with Gasteiger partial charge in [-0.1, -0.05) is 30.0 Å². The fourth-order valence-corrected chi connectivity index (χ4v) is 0.749. The van der Waals surface area contributed by atoms with Crippen molar-refractivity contribution in [3.8, 4) is 11.8 Å². The van der Waals surface area contributed by atoms with E-state index < -0.39 is 0 Å². The second-order valence-corrected chi connectivity index (χ2v) is 2.17. The van der Waals surface area contributed by atoms with Gasteiger partial charge in [-0.3, -0.25) is 0 Å². The van der Waals surface area contributed by atoms with E-state index in [2.05, 4.69) is 11.8 Å². The van der Waals surface area contributed by atoms with Gasteiger partial charge in [0.2, 0.25) is 0 Å². The highest BCUT2D eigenvalue weighted by molar-refractivity contribution is 5.36. The summed E-state index contributed by atoms with van der Waals surface area (Å²) in [7, 11) is 1.60. The van der Waals surface area contributed by atoms with Gasteiger partial charge in [0, 0.05) is 11.6 Å². The standard InChI is InChI=1S/C11H10O/c1-12-10-6-5-9-11-7-3-2-4-8-11/h2-4,6-8,10H,1H3/b10-6-. The predicted octanol–water partition coefficient (Wildman–Crippen LogP) is 2.20. The molecule has 0 unspecified atom stereocenters. The van der Waals surface area contributed by atoms with Crippen LogP contribution in [0.3, 0.4) is 0 Å². The molecular weight excluding hydrogens is 148 g/mol. The number of ether oxygens (including phenoxy) is 1. The van der Waals surface area contributed by atoms with E-state index in [4.69, 9.17) is 4.74 Å². The molecule has 0 aliphatic heterocycles. The Balaban J connectivity index is 2.61. The van der Waals surface area contributed by atoms with E-state index in [0.29, 0.717) is 0 Å². The van der Waals surface area contributed by atoms with Gasteiger partial charge in [0.1, 0.15) is 0 Å². The zero-order chi connectivity index (χ0) is 8.65. The van der Waals surface area contributed by atoms with Gasteiger partial charge in [0.15, 0.2) is 0 Å². The highest BCUT2D eigenvalue weighted by atomic mass is 16.5. The Bertz CT molecular complexity index is 301. The lowest BCUT2D eigenvalue weighted by Gasteiger charge is -1.84. The van der Waals surface area contributed by atoms with Crippen molar-refractivity contribution in [2.24, 2.45) is 0 Å². The molecule has 0 bridgehead atoms. The zero-order valence-electron chi connectivity index (χ0n) is 6.95. The third-order valence-electron chi connectivity index (χ3n) is 1.28. The van der Waals surface area contributed by atoms with Crippen molar-refractivity contribution in [3.05, 3.63) is 48.2 Å². The minimum atomic E-state index is 1.01. The minimum Gasteiger partial charge on any atom is -0.504 e. The third kappa shape index (κ3) is 2.94. The molecule has 0 aliphatic rings. The average Bonchev–Trinajstić information content (AvgIpc) is 2.14. The monoisotopic (exact) mass is 158 g/mol. The Kier molecular flexibility index (Phi) is 3.53. The van der Waals surface area contributed by atoms with Gasteiger partial charge in [-0.15, -0.1) is 0 Å². The van der Waals surface area contributed by atoms with Crippen LogP contribution in [0, 0.1) is 11.8 Å². The lowest BCUT2D eigenvalue weighted by Crippen LogP contribution is -1.69. The molecule has 60 valence electrons. The van der Waals surface area contributed by atoms with Crippen LogP contribution in [0.5, 0.6) is 0 Å². The molecule has 0 aliphatic carbocycles. The molecule has 1 rings (SSSR count). The van der Waals surface area contributed by atoms with E-state index in [9.17, 15) is 0 Å². The van der Waals surface area contributed by atoms with Crippen molar-refractivity contribution in [2.45, 2.75) is 0 Å². The summed E-state index contributed by atoms with van der Waals surface area (Å²) in [4.78, 5) is 0. The number of methoxy groups -OCH3 is 1. The van der Waals surface area contributed by atoms with Crippen LogP contribution in [0.1, 0.15) is 5.56 Å². The lowest BCUT2D eigenvalue weighted by atomic mass is 10.2. The molecule has 1 nitrogen and oxygen atoms in total. The van der Waals surface area contributed by atoms with E-state index >= 15 is 0 Å². The van der Waals surface area contributed by atoms with Crippen LogP contribution in [0.2, 0.25) is 0 Å². The molecule has 0 heterocycles. The van der Waals surface area contributed by atoms with Crippen molar-refractivity contribution in [1.82, 2.24) is 0 Å². The van der Waals surface area contributed by atoms with E-state index in [-0.39, 0.29) is 0 Å². The molecule has 0 spiro atoms. The van der Waals surface area contributed by atoms with Crippen LogP contribution in [0.4, 0.5) is 0 Å². The van der Waals surface area contributed by atoms with Gasteiger partial charge in [-0.2, -0.15) is 0 Å². The molecule has 0 fully saturated rings. The van der Waals surface area contributed by atoms with Crippen molar-refractivity contribution >= 4 is 0 Å². The highest BCUT2D eigenvalue weighted by Crippen LogP contribution is 1.94. The number of rotatable bonds is 1. The van der Waals surface area contributed by atoms with Gasteiger partial charge >= 0.3 is 0 Å². The maximum atomic E-state index is 4.70. The second kappa shape index (κ2) is 5.03. The quantitative estimate of drug-likeness (QED) is 0.449. The summed E-state index contributed by atoms with van der Waals surface area (Å²) in [6.45, 7) is 0. The van der Waals surface area contributed by atoms with Gasteiger partial charge in [-0.05, 0) is 12.1 Å². The average molecular weight is 158 g/mol. The third-order valence-corrected chi connectivity index (χ3v) is 1.28. The maximum Gasteiger partial charge on any atom is 0.0908 e. The fourth-order valence-electron chi connectivity index (χ4n) is 0.749. The van der Waals surface area contributed by atoms with Gasteiger partial charge in [0.05, 0.1) is 13.4 Å². The molecule has 1 aromatic rings. The molecule has 0 amide bonds. The summed E-state index contributed by atoms with van der Waals surface area (Å²) in [6, 6.07) is 9.82. The van der Waals surface area contributed by atoms with Crippen LogP contribution in [0.25, 0.3) is 0 Å². The van der Waals surface area contributed by atoms with Crippen LogP contribution in [-0.2, 0) is 4.74 Å². The predicted molar refractivity (Wildman–Crippen MR) is 49.5 cm³/mol. The normalized spacial score (nSPS) is 9.08. The van der Waals surface area contributed by atoms with Crippen LogP contribution >= 0.6 is 0 Å². The van der Waals surface area contributed by atoms with E-state index in [1.165, 1.54) is 0 Å². The molecule has 0 aromatic heterocycles. The minimum absolute atomic E-state index is 1.01. The summed E-state index contributed by atoms with van der Waals surface area (Å²) >= 11 is 0. The molecule has 1 heteroatoms. The highest BCUT2D eigenvalue weighted by Gasteiger charge is 1.78. The molecule has 0 N–H and O–H groups in total. The first kappa shape index (κ1) is 8.42. The Morgan fingerprint density at radius 2 is 2.00 bits per heavy atom. The van der Waals surface area contributed by atoms with Crippen LogP contribution in [-0.4, -0.2) is 7.11 Å². The molecule has 0 atom stereocenters. The largest absolute Gasteiger partial charge is 0.504 e. The first-order valence-corrected chi connectivity index (χ1v) is 3.68. The number of benzene rings is 1. The zero-order valence-corrected chi connectivity index (χ0v) is 6.95. The SMILES string of the molecule is CO/C=C\C#Cc1ccccc1. The number of allylic oxidation sites excluding steroid dienone is 1. The molecular formula is C11H10O. The Morgan fingerprint density at radius 1 is 1.25 bits per heavy atom. The van der Waals surface area contributed by atoms with Gasteiger partial charge in [0.25, 0.3) is 0 Å². The molecule has 12 heavy (non-hydrogen) atoms. The summed E-state index contributed by atoms with van der Waals surface area (Å²) in [6.07, 6.45) is 3.23. The first-order chi connectivity index (χ1) is 5.93. The Morgan fingerprint density at radius 3 is 2.67 bits per heavy atom. The molecule has 0 saturated heterocycles. The van der Waals surface area contributed by atoms with Crippen LogP contribution < -0.4 is 0 Å². The topological polar surface area (TPSA) is 9.23 Å². The maximum absolute atomic E-state index is 4.70. The molecule has 0 radical (unpaired) electrons. The van der Waals surface area contributed by atoms with Gasteiger partial charge in [-0.25, -0.2) is 0 Å². The number of hydrogen-bond donors (Lipinski definition) is 0. The van der Waals surface area contributed by atoms with Gasteiger partial charge < -0.3 is 4.74 Å². The van der Waals surface area contributed by atoms with Crippen molar-refractivity contribution < 1.29 is 4.74 Å². The van der Waals surface area contributed by atoms with E-state index in [1.54, 1.807) is 19.4 Å². The van der Waals surface area contributed by atoms with E-state index in [0.717, 1.165) is 5.56 Å². The van der Waals surface area contributed by atoms with E-state index in [1.807, 2.05) is 30.3 Å². The summed E-state index contributed by atoms with van der Waals surface area (Å²) < 4.78 is 4.70. The lowest BCUT2D eigenvalue weighted by molar-refractivity contribution is 0.338. The van der Waals surface area contributed by atoms with Crippen LogP contribution in [0.15, 0.2) is 42.7 Å². The summed E-state index contributed by atoms with van der Waals surface area (Å²) in [5.41, 5.74) is 1.01. The fraction of sp³-hybridized carbons (Fsp3) is 0.0909. The summed E-state index contributed by atoms with van der Waals surface area (Å²) in [5, 5.41) is 0. The summed E-state index contributed by atoms with van der Waals surface area (Å²) in [5.74, 6) is 5.81. The Hall–Kier alpha value is -1.68. The van der Waals surface area contributed by atoms with Crippen molar-refractivity contribution in [3.63, 3.8) is 0 Å². The van der Waals surface area contributed by atoms with Crippen molar-refractivity contribution in [2.75, 3.05) is 7.11 Å². The first-order valence-electron chi connectivity index (χ1n) is 3.68. The molecule has 0 saturated carbocycles.